The zero-order valence-electron chi connectivity index (χ0n) is 12.4. The molecule has 0 bridgehead atoms. The van der Waals surface area contributed by atoms with Crippen molar-refractivity contribution in [2.75, 3.05) is 14.2 Å². The Morgan fingerprint density at radius 1 is 1.05 bits per heavy atom. The van der Waals surface area contributed by atoms with Crippen LogP contribution in [0.2, 0.25) is 0 Å². The van der Waals surface area contributed by atoms with E-state index in [4.69, 9.17) is 4.74 Å². The van der Waals surface area contributed by atoms with Crippen LogP contribution in [-0.2, 0) is 24.8 Å². The van der Waals surface area contributed by atoms with Crippen LogP contribution in [0.25, 0.3) is 0 Å². The van der Waals surface area contributed by atoms with E-state index in [1.165, 1.54) is 31.3 Å². The summed E-state index contributed by atoms with van der Waals surface area (Å²) in [6.07, 6.45) is 2.05. The van der Waals surface area contributed by atoms with Gasteiger partial charge in [-0.1, -0.05) is 12.1 Å². The van der Waals surface area contributed by atoms with Crippen molar-refractivity contribution in [2.45, 2.75) is 41.2 Å². The number of nitrogens with one attached hydrogen (secondary N) is 2. The van der Waals surface area contributed by atoms with E-state index in [1.807, 2.05) is 0 Å². The second kappa shape index (κ2) is 6.63. The molecule has 0 aliphatic heterocycles. The molecule has 1 aliphatic rings. The third-order valence-electron chi connectivity index (χ3n) is 3.74. The van der Waals surface area contributed by atoms with Gasteiger partial charge in [0.15, 0.2) is 0 Å². The second-order valence-electron chi connectivity index (χ2n) is 5.14. The number of hydrogen-bond acceptors (Lipinski definition) is 5. The molecule has 124 valence electrons. The van der Waals surface area contributed by atoms with Gasteiger partial charge in [-0.3, -0.25) is 0 Å². The zero-order valence-corrected chi connectivity index (χ0v) is 14.1. The van der Waals surface area contributed by atoms with E-state index in [9.17, 15) is 16.8 Å². The summed E-state index contributed by atoms with van der Waals surface area (Å²) in [5, 5.41) is 0. The molecule has 1 aliphatic carbocycles. The first-order chi connectivity index (χ1) is 10.3. The molecule has 1 saturated carbocycles. The molecule has 22 heavy (non-hydrogen) atoms. The highest BCUT2D eigenvalue weighted by molar-refractivity contribution is 7.92. The maximum Gasteiger partial charge on any atom is 0.242 e. The van der Waals surface area contributed by atoms with Gasteiger partial charge in [0.2, 0.25) is 20.0 Å². The molecule has 7 nitrogen and oxygen atoms in total. The molecule has 1 fully saturated rings. The maximum absolute atomic E-state index is 12.5. The van der Waals surface area contributed by atoms with Crippen LogP contribution >= 0.6 is 0 Å². The van der Waals surface area contributed by atoms with Gasteiger partial charge in [-0.05, 0) is 38.4 Å². The predicted octanol–water partition coefficient (Wildman–Crippen LogP) is 0.440. The Morgan fingerprint density at radius 2 is 1.64 bits per heavy atom. The number of benzene rings is 1. The summed E-state index contributed by atoms with van der Waals surface area (Å²) in [4.78, 5) is -0.503. The quantitative estimate of drug-likeness (QED) is 0.777. The highest BCUT2D eigenvalue weighted by Crippen LogP contribution is 2.25. The summed E-state index contributed by atoms with van der Waals surface area (Å²) in [6, 6.07) is 5.29. The minimum absolute atomic E-state index is 0.0315. The molecule has 0 aromatic heterocycles. The summed E-state index contributed by atoms with van der Waals surface area (Å²) in [5.74, 6) is 0. The van der Waals surface area contributed by atoms with Crippen molar-refractivity contribution in [3.8, 4) is 0 Å². The van der Waals surface area contributed by atoms with Gasteiger partial charge in [-0.2, -0.15) is 0 Å². The molecule has 0 radical (unpaired) electrons. The average Bonchev–Trinajstić information content (AvgIpc) is 2.94. The van der Waals surface area contributed by atoms with Gasteiger partial charge in [0.25, 0.3) is 0 Å². The third-order valence-corrected chi connectivity index (χ3v) is 6.92. The highest BCUT2D eigenvalue weighted by Gasteiger charge is 2.31. The lowest BCUT2D eigenvalue weighted by molar-refractivity contribution is 0.107. The van der Waals surface area contributed by atoms with Crippen LogP contribution in [0, 0.1) is 0 Å². The fraction of sp³-hybridized carbons (Fsp3) is 0.538. The van der Waals surface area contributed by atoms with Gasteiger partial charge >= 0.3 is 0 Å². The van der Waals surface area contributed by atoms with Crippen LogP contribution in [-0.4, -0.2) is 43.1 Å². The van der Waals surface area contributed by atoms with Crippen molar-refractivity contribution in [1.29, 1.82) is 0 Å². The van der Waals surface area contributed by atoms with Crippen LogP contribution in [0.1, 0.15) is 19.3 Å². The number of rotatable bonds is 6. The first-order valence-electron chi connectivity index (χ1n) is 6.88. The molecule has 0 amide bonds. The Balaban J connectivity index is 2.31. The van der Waals surface area contributed by atoms with Gasteiger partial charge in [-0.25, -0.2) is 26.3 Å². The van der Waals surface area contributed by atoms with Crippen molar-refractivity contribution in [3.05, 3.63) is 24.3 Å². The molecular formula is C13H20N2O5S2. The summed E-state index contributed by atoms with van der Waals surface area (Å²) in [7, 11) is -4.94. The fourth-order valence-electron chi connectivity index (χ4n) is 2.55. The normalized spacial score (nSPS) is 22.8. The van der Waals surface area contributed by atoms with E-state index in [-0.39, 0.29) is 21.9 Å². The monoisotopic (exact) mass is 348 g/mol. The minimum Gasteiger partial charge on any atom is -0.381 e. The van der Waals surface area contributed by atoms with Gasteiger partial charge in [0.05, 0.1) is 6.10 Å². The lowest BCUT2D eigenvalue weighted by Gasteiger charge is -2.15. The molecule has 0 spiro atoms. The summed E-state index contributed by atoms with van der Waals surface area (Å²) < 4.78 is 58.9. The topological polar surface area (TPSA) is 102 Å². The van der Waals surface area contributed by atoms with Crippen molar-refractivity contribution < 1.29 is 21.6 Å². The van der Waals surface area contributed by atoms with E-state index < -0.39 is 20.0 Å². The van der Waals surface area contributed by atoms with Gasteiger partial charge in [-0.15, -0.1) is 0 Å². The van der Waals surface area contributed by atoms with Crippen molar-refractivity contribution >= 4 is 20.0 Å². The standard InChI is InChI=1S/C13H20N2O5S2/c1-14-21(16,17)12-5-3-4-6-13(12)22(18,19)15-10-7-8-11(9-10)20-2/h3-6,10-11,14-15H,7-9H2,1-2H3/t10-,11+/m0/s1. The average molecular weight is 348 g/mol. The molecule has 2 rings (SSSR count). The SMILES string of the molecule is CNS(=O)(=O)c1ccccc1S(=O)(=O)N[C@H]1CC[C@@H](OC)C1. The molecular weight excluding hydrogens is 328 g/mol. The van der Waals surface area contributed by atoms with Crippen LogP contribution < -0.4 is 9.44 Å². The number of methoxy groups -OCH3 is 1. The molecule has 0 unspecified atom stereocenters. The third kappa shape index (κ3) is 3.66. The largest absolute Gasteiger partial charge is 0.381 e. The summed E-state index contributed by atoms with van der Waals surface area (Å²) in [6.45, 7) is 0. The van der Waals surface area contributed by atoms with E-state index in [2.05, 4.69) is 9.44 Å². The molecule has 0 saturated heterocycles. The number of hydrogen-bond donors (Lipinski definition) is 2. The molecule has 9 heteroatoms. The molecule has 0 heterocycles. The molecule has 2 atom stereocenters. The fourth-order valence-corrected chi connectivity index (χ4v) is 5.39. The smallest absolute Gasteiger partial charge is 0.242 e. The molecule has 2 N–H and O–H groups in total. The van der Waals surface area contributed by atoms with Crippen LogP contribution in [0.3, 0.4) is 0 Å². The Morgan fingerprint density at radius 3 is 2.14 bits per heavy atom. The Bertz CT molecular complexity index is 731. The van der Waals surface area contributed by atoms with Crippen LogP contribution in [0.4, 0.5) is 0 Å². The molecule has 1 aromatic carbocycles. The second-order valence-corrected chi connectivity index (χ2v) is 8.68. The Labute approximate surface area is 131 Å². The zero-order chi connectivity index (χ0) is 16.4. The van der Waals surface area contributed by atoms with Crippen LogP contribution in [0.5, 0.6) is 0 Å². The van der Waals surface area contributed by atoms with E-state index in [0.717, 1.165) is 6.42 Å². The number of sulfonamides is 2. The number of ether oxygens (including phenoxy) is 1. The summed E-state index contributed by atoms with van der Waals surface area (Å²) >= 11 is 0. The Kier molecular flexibility index (Phi) is 5.23. The first-order valence-corrected chi connectivity index (χ1v) is 9.84. The maximum atomic E-state index is 12.5. The van der Waals surface area contributed by atoms with Crippen LogP contribution in [0.15, 0.2) is 34.1 Å². The van der Waals surface area contributed by atoms with E-state index in [0.29, 0.717) is 12.8 Å². The van der Waals surface area contributed by atoms with Crippen molar-refractivity contribution in [1.82, 2.24) is 9.44 Å². The van der Waals surface area contributed by atoms with Crippen molar-refractivity contribution in [2.24, 2.45) is 0 Å². The minimum atomic E-state index is -3.92. The lowest BCUT2D eigenvalue weighted by Crippen LogP contribution is -2.34. The predicted molar refractivity (Wildman–Crippen MR) is 81.4 cm³/mol. The highest BCUT2D eigenvalue weighted by atomic mass is 32.2. The van der Waals surface area contributed by atoms with E-state index in [1.54, 1.807) is 7.11 Å². The van der Waals surface area contributed by atoms with Gasteiger partial charge < -0.3 is 4.74 Å². The summed E-state index contributed by atoms with van der Waals surface area (Å²) in [5.41, 5.74) is 0. The van der Waals surface area contributed by atoms with Gasteiger partial charge in [0, 0.05) is 13.2 Å². The lowest BCUT2D eigenvalue weighted by atomic mass is 10.3. The first kappa shape index (κ1) is 17.4. The van der Waals surface area contributed by atoms with E-state index >= 15 is 0 Å². The van der Waals surface area contributed by atoms with Gasteiger partial charge in [0.1, 0.15) is 9.79 Å². The Hall–Kier alpha value is -1.00. The molecule has 1 aromatic rings. The van der Waals surface area contributed by atoms with Crippen molar-refractivity contribution in [3.63, 3.8) is 0 Å².